The molecular weight excluding hydrogens is 450 g/mol. The van der Waals surface area contributed by atoms with Crippen LogP contribution in [-0.2, 0) is 0 Å². The van der Waals surface area contributed by atoms with Crippen LogP contribution in [0.4, 0.5) is 8.78 Å². The summed E-state index contributed by atoms with van der Waals surface area (Å²) in [5.41, 5.74) is 0. The highest BCUT2D eigenvalue weighted by Crippen LogP contribution is 2.42. The Bertz CT molecular complexity index is 1110. The van der Waals surface area contributed by atoms with Crippen LogP contribution in [0.2, 0.25) is 0 Å². The summed E-state index contributed by atoms with van der Waals surface area (Å²) in [5, 5.41) is 1.47. The summed E-state index contributed by atoms with van der Waals surface area (Å²) in [6.07, 6.45) is 13.9. The first-order valence-electron chi connectivity index (χ1n) is 13.2. The summed E-state index contributed by atoms with van der Waals surface area (Å²) >= 11 is 1.16. The maximum atomic E-state index is 15.4. The van der Waals surface area contributed by atoms with Crippen molar-refractivity contribution in [3.05, 3.63) is 35.9 Å². The van der Waals surface area contributed by atoms with Gasteiger partial charge in [0.1, 0.15) is 0 Å². The fourth-order valence-electron chi connectivity index (χ4n) is 5.27. The molecule has 5 heteroatoms. The largest absolute Gasteiger partial charge is 0.490 e. The van der Waals surface area contributed by atoms with E-state index in [-0.39, 0.29) is 23.1 Å². The third-order valence-corrected chi connectivity index (χ3v) is 8.90. The molecule has 2 nitrogen and oxygen atoms in total. The Kier molecular flexibility index (Phi) is 7.58. The van der Waals surface area contributed by atoms with Crippen LogP contribution >= 0.6 is 11.3 Å². The van der Waals surface area contributed by atoms with E-state index in [2.05, 4.69) is 6.92 Å². The van der Waals surface area contributed by atoms with Gasteiger partial charge in [-0.15, -0.1) is 11.3 Å². The lowest BCUT2D eigenvalue weighted by molar-refractivity contribution is 0.174. The molecular formula is C29H36F2O2S. The smallest absolute Gasteiger partial charge is 0.182 e. The highest BCUT2D eigenvalue weighted by Gasteiger charge is 2.25. The van der Waals surface area contributed by atoms with Crippen molar-refractivity contribution in [1.29, 1.82) is 0 Å². The number of ether oxygens (including phenoxy) is 2. The zero-order chi connectivity index (χ0) is 23.5. The summed E-state index contributed by atoms with van der Waals surface area (Å²) in [4.78, 5) is 0. The number of benzene rings is 2. The van der Waals surface area contributed by atoms with E-state index < -0.39 is 0 Å². The van der Waals surface area contributed by atoms with Crippen molar-refractivity contribution in [1.82, 2.24) is 0 Å². The minimum atomic E-state index is -0.382. The lowest BCUT2D eigenvalue weighted by Crippen LogP contribution is -2.20. The molecule has 2 aliphatic rings. The van der Waals surface area contributed by atoms with Crippen LogP contribution in [-0.4, -0.2) is 13.2 Å². The molecule has 34 heavy (non-hydrogen) atoms. The van der Waals surface area contributed by atoms with Gasteiger partial charge in [-0.1, -0.05) is 51.9 Å². The molecule has 0 atom stereocenters. The number of thiophene rings is 1. The Balaban J connectivity index is 1.21. The SMILES string of the molecule is CCCCCCC1CCC(COc2ccc3c(sc4c(F)c(OCC5CC5)ccc43)c2F)CC1. The molecule has 0 radical (unpaired) electrons. The lowest BCUT2D eigenvalue weighted by atomic mass is 9.80. The average molecular weight is 487 g/mol. The maximum absolute atomic E-state index is 15.4. The van der Waals surface area contributed by atoms with Crippen LogP contribution in [0.5, 0.6) is 11.5 Å². The van der Waals surface area contributed by atoms with Crippen LogP contribution in [0, 0.1) is 29.4 Å². The molecule has 5 rings (SSSR count). The van der Waals surface area contributed by atoms with E-state index in [9.17, 15) is 0 Å². The van der Waals surface area contributed by atoms with Gasteiger partial charge in [0, 0.05) is 10.8 Å². The normalized spacial score (nSPS) is 20.8. The molecule has 1 aromatic heterocycles. The van der Waals surface area contributed by atoms with Crippen molar-refractivity contribution in [2.24, 2.45) is 17.8 Å². The van der Waals surface area contributed by atoms with Gasteiger partial charge in [-0.2, -0.15) is 0 Å². The van der Waals surface area contributed by atoms with Gasteiger partial charge < -0.3 is 9.47 Å². The number of unbranched alkanes of at least 4 members (excludes halogenated alkanes) is 3. The Labute approximate surface area is 205 Å². The molecule has 0 saturated heterocycles. The molecule has 0 spiro atoms. The van der Waals surface area contributed by atoms with E-state index in [0.29, 0.717) is 34.4 Å². The van der Waals surface area contributed by atoms with Gasteiger partial charge in [0.25, 0.3) is 0 Å². The van der Waals surface area contributed by atoms with Gasteiger partial charge in [0.15, 0.2) is 23.1 Å². The molecule has 0 unspecified atom stereocenters. The van der Waals surface area contributed by atoms with E-state index in [1.807, 2.05) is 12.1 Å². The standard InChI is InChI=1S/C29H36F2O2S/c1-2-3-4-5-6-19-7-9-20(10-8-19)17-32-24-15-13-22-23-14-16-25(33-18-21-11-12-21)27(31)29(23)34-28(22)26(24)30/h13-16,19-21H,2-12,17-18H2,1H3. The van der Waals surface area contributed by atoms with Crippen molar-refractivity contribution in [2.75, 3.05) is 13.2 Å². The summed E-state index contributed by atoms with van der Waals surface area (Å²) < 4.78 is 43.0. The fourth-order valence-corrected chi connectivity index (χ4v) is 6.43. The molecule has 0 N–H and O–H groups in total. The maximum Gasteiger partial charge on any atom is 0.182 e. The summed E-state index contributed by atoms with van der Waals surface area (Å²) in [5.74, 6) is 1.70. The van der Waals surface area contributed by atoms with Gasteiger partial charge >= 0.3 is 0 Å². The Morgan fingerprint density at radius 2 is 1.21 bits per heavy atom. The summed E-state index contributed by atoms with van der Waals surface area (Å²) in [6.45, 7) is 3.37. The minimum Gasteiger partial charge on any atom is -0.490 e. The molecule has 3 aromatic rings. The van der Waals surface area contributed by atoms with Crippen molar-refractivity contribution in [3.8, 4) is 11.5 Å². The molecule has 2 fully saturated rings. The quantitative estimate of drug-likeness (QED) is 0.251. The number of hydrogen-bond acceptors (Lipinski definition) is 3. The van der Waals surface area contributed by atoms with Crippen molar-refractivity contribution in [3.63, 3.8) is 0 Å². The van der Waals surface area contributed by atoms with Crippen molar-refractivity contribution in [2.45, 2.75) is 77.6 Å². The minimum absolute atomic E-state index is 0.267. The molecule has 2 aromatic carbocycles. The number of halogens is 2. The van der Waals surface area contributed by atoms with Crippen LogP contribution in [0.15, 0.2) is 24.3 Å². The zero-order valence-corrected chi connectivity index (χ0v) is 21.0. The second-order valence-electron chi connectivity index (χ2n) is 10.4. The second-order valence-corrected chi connectivity index (χ2v) is 11.4. The third-order valence-electron chi connectivity index (χ3n) is 7.70. The molecule has 0 aliphatic heterocycles. The topological polar surface area (TPSA) is 18.5 Å². The number of rotatable bonds is 11. The predicted molar refractivity (Wildman–Crippen MR) is 137 cm³/mol. The van der Waals surface area contributed by atoms with E-state index in [1.165, 1.54) is 57.8 Å². The van der Waals surface area contributed by atoms with Gasteiger partial charge in [-0.25, -0.2) is 8.78 Å². The first-order chi connectivity index (χ1) is 16.6. The zero-order valence-electron chi connectivity index (χ0n) is 20.2. The van der Waals surface area contributed by atoms with Gasteiger partial charge in [-0.05, 0) is 67.7 Å². The summed E-state index contributed by atoms with van der Waals surface area (Å²) in [6, 6.07) is 7.09. The van der Waals surface area contributed by atoms with Crippen LogP contribution in [0.3, 0.4) is 0 Å². The van der Waals surface area contributed by atoms with Crippen LogP contribution in [0.1, 0.15) is 77.6 Å². The molecule has 1 heterocycles. The van der Waals surface area contributed by atoms with Crippen molar-refractivity contribution >= 4 is 31.5 Å². The monoisotopic (exact) mass is 486 g/mol. The third kappa shape index (κ3) is 5.35. The second kappa shape index (κ2) is 10.8. The highest BCUT2D eigenvalue weighted by molar-refractivity contribution is 7.25. The van der Waals surface area contributed by atoms with E-state index in [0.717, 1.165) is 40.9 Å². The highest BCUT2D eigenvalue weighted by atomic mass is 32.1. The molecule has 2 saturated carbocycles. The number of fused-ring (bicyclic) bond motifs is 3. The van der Waals surface area contributed by atoms with Crippen LogP contribution < -0.4 is 9.47 Å². The van der Waals surface area contributed by atoms with Gasteiger partial charge in [0.2, 0.25) is 0 Å². The Hall–Kier alpha value is -1.88. The van der Waals surface area contributed by atoms with Crippen LogP contribution in [0.25, 0.3) is 20.2 Å². The molecule has 184 valence electrons. The average Bonchev–Trinajstić information content (AvgIpc) is 3.60. The Morgan fingerprint density at radius 3 is 1.71 bits per heavy atom. The molecule has 2 aliphatic carbocycles. The number of hydrogen-bond donors (Lipinski definition) is 0. The molecule has 0 bridgehead atoms. The lowest BCUT2D eigenvalue weighted by Gasteiger charge is -2.28. The van der Waals surface area contributed by atoms with Gasteiger partial charge in [-0.3, -0.25) is 0 Å². The van der Waals surface area contributed by atoms with E-state index in [4.69, 9.17) is 9.47 Å². The summed E-state index contributed by atoms with van der Waals surface area (Å²) in [7, 11) is 0. The predicted octanol–water partition coefficient (Wildman–Crippen LogP) is 9.28. The first kappa shape index (κ1) is 23.8. The van der Waals surface area contributed by atoms with E-state index in [1.54, 1.807) is 12.1 Å². The Morgan fingerprint density at radius 1 is 0.706 bits per heavy atom. The fraction of sp³-hybridized carbons (Fsp3) is 0.586. The van der Waals surface area contributed by atoms with E-state index >= 15 is 8.78 Å². The van der Waals surface area contributed by atoms with Crippen molar-refractivity contribution < 1.29 is 18.3 Å². The first-order valence-corrected chi connectivity index (χ1v) is 14.0. The van der Waals surface area contributed by atoms with Gasteiger partial charge in [0.05, 0.1) is 22.6 Å². The molecule has 0 amide bonds.